The van der Waals surface area contributed by atoms with Gasteiger partial charge in [0.15, 0.2) is 0 Å². The van der Waals surface area contributed by atoms with Gasteiger partial charge in [0.25, 0.3) is 5.91 Å². The number of hydrogen-bond acceptors (Lipinski definition) is 4. The van der Waals surface area contributed by atoms with Crippen molar-refractivity contribution in [2.75, 3.05) is 5.32 Å². The molecule has 0 spiro atoms. The number of carbonyl (C=O) groups is 2. The van der Waals surface area contributed by atoms with E-state index >= 15 is 0 Å². The molecule has 8 heteroatoms. The summed E-state index contributed by atoms with van der Waals surface area (Å²) in [6.07, 6.45) is 1.15. The molecule has 0 bridgehead atoms. The van der Waals surface area contributed by atoms with Crippen molar-refractivity contribution < 1.29 is 19.8 Å². The first-order valence-corrected chi connectivity index (χ1v) is 7.73. The molecule has 1 aromatic heterocycles. The van der Waals surface area contributed by atoms with Gasteiger partial charge in [-0.25, -0.2) is 9.78 Å². The van der Waals surface area contributed by atoms with Crippen molar-refractivity contribution in [2.45, 2.75) is 0 Å². The summed E-state index contributed by atoms with van der Waals surface area (Å²) in [4.78, 5) is 26.7. The zero-order valence-corrected chi connectivity index (χ0v) is 14.6. The summed E-state index contributed by atoms with van der Waals surface area (Å²) < 4.78 is 1.38. The zero-order valence-electron chi connectivity index (χ0n) is 10.3. The fraction of sp³-hybridized carbons (Fsp3) is 0. The van der Waals surface area contributed by atoms with E-state index in [4.69, 9.17) is 5.11 Å². The summed E-state index contributed by atoms with van der Waals surface area (Å²) in [5.41, 5.74) is 0.162. The topological polar surface area (TPSA) is 99.5 Å². The zero-order chi connectivity index (χ0) is 15.6. The Hall–Kier alpha value is -1.43. The minimum Gasteiger partial charge on any atom is -0.506 e. The summed E-state index contributed by atoms with van der Waals surface area (Å²) in [5.74, 6) is -1.50. The van der Waals surface area contributed by atoms with Crippen LogP contribution in [0.5, 0.6) is 5.75 Å². The van der Waals surface area contributed by atoms with Crippen molar-refractivity contribution >= 4 is 62.9 Å². The van der Waals surface area contributed by atoms with Gasteiger partial charge in [0, 0.05) is 9.77 Å². The van der Waals surface area contributed by atoms with E-state index in [2.05, 4.69) is 10.3 Å². The largest absolute Gasteiger partial charge is 0.506 e. The van der Waals surface area contributed by atoms with E-state index in [-0.39, 0.29) is 22.7 Å². The number of amides is 1. The predicted octanol–water partition coefficient (Wildman–Crippen LogP) is 2.95. The average molecular weight is 510 g/mol. The first-order valence-electron chi connectivity index (χ1n) is 5.57. The van der Waals surface area contributed by atoms with Gasteiger partial charge < -0.3 is 15.5 Å². The number of aromatic nitrogens is 1. The number of aromatic hydroxyl groups is 1. The van der Waals surface area contributed by atoms with Crippen LogP contribution in [0.25, 0.3) is 0 Å². The van der Waals surface area contributed by atoms with Crippen molar-refractivity contribution in [3.8, 4) is 5.75 Å². The smallest absolute Gasteiger partial charge is 0.337 e. The van der Waals surface area contributed by atoms with E-state index in [1.54, 1.807) is 12.1 Å². The Morgan fingerprint density at radius 3 is 2.48 bits per heavy atom. The standard InChI is InChI=1S/C13H8I2N2O4/c14-7-3-8(11(18)9(15)4-7)12(19)17-10-2-1-6(5-16-10)13(20)21/h1-5,18H,(H,20,21)(H,16,17,19). The number of benzene rings is 1. The Morgan fingerprint density at radius 2 is 1.90 bits per heavy atom. The molecule has 0 radical (unpaired) electrons. The second-order valence-corrected chi connectivity index (χ2v) is 6.38. The van der Waals surface area contributed by atoms with Crippen LogP contribution in [-0.4, -0.2) is 27.1 Å². The number of anilines is 1. The molecule has 0 unspecified atom stereocenters. The van der Waals surface area contributed by atoms with E-state index in [0.29, 0.717) is 3.57 Å². The van der Waals surface area contributed by atoms with Crippen molar-refractivity contribution in [1.82, 2.24) is 4.98 Å². The Labute approximate surface area is 146 Å². The van der Waals surface area contributed by atoms with Gasteiger partial charge in [0.1, 0.15) is 11.6 Å². The molecule has 6 nitrogen and oxygen atoms in total. The number of halogens is 2. The molecular formula is C13H8I2N2O4. The first kappa shape index (κ1) is 15.9. The molecular weight excluding hydrogens is 502 g/mol. The third-order valence-corrected chi connectivity index (χ3v) is 3.97. The molecule has 0 atom stereocenters. The molecule has 0 saturated carbocycles. The Morgan fingerprint density at radius 1 is 1.19 bits per heavy atom. The number of nitrogens with one attached hydrogen (secondary N) is 1. The van der Waals surface area contributed by atoms with Gasteiger partial charge in [-0.3, -0.25) is 4.79 Å². The Balaban J connectivity index is 2.24. The number of aromatic carboxylic acids is 1. The maximum atomic E-state index is 12.1. The molecule has 1 amide bonds. The van der Waals surface area contributed by atoms with E-state index in [1.165, 1.54) is 12.1 Å². The monoisotopic (exact) mass is 510 g/mol. The number of phenols is 1. The van der Waals surface area contributed by atoms with Crippen molar-refractivity contribution in [3.05, 3.63) is 48.7 Å². The van der Waals surface area contributed by atoms with Gasteiger partial charge in [-0.05, 0) is 69.4 Å². The van der Waals surface area contributed by atoms with Crippen molar-refractivity contribution in [3.63, 3.8) is 0 Å². The molecule has 0 aliphatic rings. The van der Waals surface area contributed by atoms with Crippen LogP contribution in [0.4, 0.5) is 5.82 Å². The van der Waals surface area contributed by atoms with Gasteiger partial charge in [0.2, 0.25) is 0 Å². The molecule has 0 saturated heterocycles. The normalized spacial score (nSPS) is 10.2. The average Bonchev–Trinajstić information content (AvgIpc) is 2.43. The van der Waals surface area contributed by atoms with Crippen LogP contribution in [0.3, 0.4) is 0 Å². The predicted molar refractivity (Wildman–Crippen MR) is 92.7 cm³/mol. The fourth-order valence-corrected chi connectivity index (χ4v) is 3.36. The lowest BCUT2D eigenvalue weighted by Crippen LogP contribution is -2.14. The van der Waals surface area contributed by atoms with Gasteiger partial charge in [-0.15, -0.1) is 0 Å². The highest BCUT2D eigenvalue weighted by molar-refractivity contribution is 14.1. The molecule has 0 fully saturated rings. The summed E-state index contributed by atoms with van der Waals surface area (Å²) in [7, 11) is 0. The van der Waals surface area contributed by atoms with Crippen LogP contribution in [0.2, 0.25) is 0 Å². The number of nitrogens with zero attached hydrogens (tertiary/aromatic N) is 1. The lowest BCUT2D eigenvalue weighted by Gasteiger charge is -2.08. The summed E-state index contributed by atoms with van der Waals surface area (Å²) in [6.45, 7) is 0. The number of pyridine rings is 1. The minimum atomic E-state index is -1.09. The number of carboxylic acid groups (broad SMARTS) is 1. The highest BCUT2D eigenvalue weighted by atomic mass is 127. The van der Waals surface area contributed by atoms with E-state index in [0.717, 1.165) is 9.77 Å². The van der Waals surface area contributed by atoms with Gasteiger partial charge in [0.05, 0.1) is 14.7 Å². The van der Waals surface area contributed by atoms with Crippen LogP contribution in [0, 0.1) is 7.14 Å². The number of carbonyl (C=O) groups excluding carboxylic acids is 1. The maximum Gasteiger partial charge on any atom is 0.337 e. The molecule has 21 heavy (non-hydrogen) atoms. The lowest BCUT2D eigenvalue weighted by molar-refractivity contribution is 0.0696. The second kappa shape index (κ2) is 6.56. The quantitative estimate of drug-likeness (QED) is 0.552. The highest BCUT2D eigenvalue weighted by Gasteiger charge is 2.15. The third-order valence-electron chi connectivity index (χ3n) is 2.52. The fourth-order valence-electron chi connectivity index (χ4n) is 1.52. The van der Waals surface area contributed by atoms with Crippen LogP contribution in [0.1, 0.15) is 20.7 Å². The van der Waals surface area contributed by atoms with E-state index < -0.39 is 11.9 Å². The number of hydrogen-bond donors (Lipinski definition) is 3. The van der Waals surface area contributed by atoms with E-state index in [1.807, 2.05) is 45.2 Å². The molecule has 3 N–H and O–H groups in total. The van der Waals surface area contributed by atoms with Gasteiger partial charge in [-0.1, -0.05) is 0 Å². The maximum absolute atomic E-state index is 12.1. The van der Waals surface area contributed by atoms with Crippen molar-refractivity contribution in [1.29, 1.82) is 0 Å². The number of carboxylic acids is 1. The molecule has 0 aliphatic carbocycles. The Kier molecular flexibility index (Phi) is 4.98. The van der Waals surface area contributed by atoms with E-state index in [9.17, 15) is 14.7 Å². The third kappa shape index (κ3) is 3.81. The van der Waals surface area contributed by atoms with Gasteiger partial charge in [-0.2, -0.15) is 0 Å². The van der Waals surface area contributed by atoms with Crippen molar-refractivity contribution in [2.24, 2.45) is 0 Å². The molecule has 0 aliphatic heterocycles. The van der Waals surface area contributed by atoms with Crippen LogP contribution < -0.4 is 5.32 Å². The van der Waals surface area contributed by atoms with Crippen LogP contribution in [-0.2, 0) is 0 Å². The molecule has 108 valence electrons. The minimum absolute atomic E-state index is 0.0275. The summed E-state index contributed by atoms with van der Waals surface area (Å²) >= 11 is 3.98. The lowest BCUT2D eigenvalue weighted by atomic mass is 10.2. The van der Waals surface area contributed by atoms with Gasteiger partial charge >= 0.3 is 5.97 Å². The SMILES string of the molecule is O=C(O)c1ccc(NC(=O)c2cc(I)cc(I)c2O)nc1. The Bertz CT molecular complexity index is 717. The second-order valence-electron chi connectivity index (χ2n) is 3.98. The molecule has 1 heterocycles. The molecule has 2 rings (SSSR count). The first-order chi connectivity index (χ1) is 9.88. The summed E-state index contributed by atoms with van der Waals surface area (Å²) in [6, 6.07) is 6.02. The number of rotatable bonds is 3. The number of phenolic OH excluding ortho intramolecular Hbond substituents is 1. The molecule has 1 aromatic carbocycles. The summed E-state index contributed by atoms with van der Waals surface area (Å²) in [5, 5.41) is 21.2. The highest BCUT2D eigenvalue weighted by Crippen LogP contribution is 2.27. The van der Waals surface area contributed by atoms with Crippen LogP contribution >= 0.6 is 45.2 Å². The molecule has 2 aromatic rings. The van der Waals surface area contributed by atoms with Crippen LogP contribution in [0.15, 0.2) is 30.5 Å².